The van der Waals surface area contributed by atoms with Gasteiger partial charge in [0.05, 0.1) is 22.5 Å². The molecule has 0 aliphatic carbocycles. The molecule has 0 fully saturated rings. The molecule has 0 N–H and O–H groups in total. The van der Waals surface area contributed by atoms with Crippen molar-refractivity contribution in [2.24, 2.45) is 0 Å². The summed E-state index contributed by atoms with van der Waals surface area (Å²) in [4.78, 5) is 5.25. The van der Waals surface area contributed by atoms with Crippen LogP contribution < -0.4 is 9.47 Å². The Morgan fingerprint density at radius 3 is 2.69 bits per heavy atom. The average molecular weight is 479 g/mol. The molecular weight excluding hydrogens is 458 g/mol. The lowest BCUT2D eigenvalue weighted by atomic mass is 10.1. The number of aromatic nitrogens is 2. The first-order valence-corrected chi connectivity index (χ1v) is 12.6. The minimum atomic E-state index is -3.16. The number of benzene rings is 1. The molecule has 1 unspecified atom stereocenters. The Labute approximate surface area is 188 Å². The smallest absolute Gasteiger partial charge is 0.387 e. The highest BCUT2D eigenvalue weighted by molar-refractivity contribution is 7.89. The number of nitrogens with zero attached hydrogens (tertiary/aromatic N) is 2. The number of ether oxygens (including phenoxy) is 2. The highest BCUT2D eigenvalue weighted by atomic mass is 32.2. The quantitative estimate of drug-likeness (QED) is 0.342. The van der Waals surface area contributed by atoms with E-state index in [4.69, 9.17) is 4.74 Å². The Hall–Kier alpha value is -2.98. The molecule has 0 saturated carbocycles. The molecule has 0 aliphatic heterocycles. The maximum absolute atomic E-state index is 12.7. The summed E-state index contributed by atoms with van der Waals surface area (Å²) in [6.07, 6.45) is 4.15. The van der Waals surface area contributed by atoms with Crippen LogP contribution in [0.1, 0.15) is 24.2 Å². The fraction of sp³-hybridized carbons (Fsp3) is 0.227. The highest BCUT2D eigenvalue weighted by Crippen LogP contribution is 2.35. The van der Waals surface area contributed by atoms with Crippen molar-refractivity contribution in [1.82, 2.24) is 9.38 Å². The van der Waals surface area contributed by atoms with E-state index >= 15 is 0 Å². The van der Waals surface area contributed by atoms with E-state index in [1.54, 1.807) is 49.6 Å². The Morgan fingerprint density at radius 2 is 1.94 bits per heavy atom. The number of para-hydroxylation sites is 1. The number of pyridine rings is 1. The summed E-state index contributed by atoms with van der Waals surface area (Å²) >= 11 is 1.44. The number of rotatable bonds is 8. The van der Waals surface area contributed by atoms with Crippen molar-refractivity contribution in [3.8, 4) is 22.1 Å². The number of thiophene rings is 1. The van der Waals surface area contributed by atoms with E-state index < -0.39 is 22.6 Å². The highest BCUT2D eigenvalue weighted by Gasteiger charge is 2.17. The molecule has 0 bridgehead atoms. The van der Waals surface area contributed by atoms with E-state index in [0.29, 0.717) is 22.5 Å². The van der Waals surface area contributed by atoms with Crippen LogP contribution >= 0.6 is 11.3 Å². The third kappa shape index (κ3) is 5.08. The van der Waals surface area contributed by atoms with Crippen LogP contribution in [0, 0.1) is 0 Å². The molecule has 32 heavy (non-hydrogen) atoms. The number of fused-ring (bicyclic) bond motifs is 1. The third-order valence-corrected chi connectivity index (χ3v) is 6.50. The summed E-state index contributed by atoms with van der Waals surface area (Å²) in [5, 5.41) is 1.82. The molecule has 4 rings (SSSR count). The predicted octanol–water partition coefficient (Wildman–Crippen LogP) is 5.35. The van der Waals surface area contributed by atoms with E-state index in [2.05, 4.69) is 9.72 Å². The fourth-order valence-corrected chi connectivity index (χ4v) is 5.00. The molecule has 3 heterocycles. The van der Waals surface area contributed by atoms with Gasteiger partial charge in [-0.1, -0.05) is 24.3 Å². The second-order valence-electron chi connectivity index (χ2n) is 7.30. The van der Waals surface area contributed by atoms with Gasteiger partial charge in [-0.15, -0.1) is 11.3 Å². The number of sulfone groups is 1. The standard InChI is InChI=1S/C22H20F2N2O4S2/c1-14(17-5-3-4-6-19(17)30-22(23)24)29-16-9-20(31-12-16)18-10-25-21-8-7-15(11-26(18)21)13-32(2,27)28/h3-12,14,22H,13H2,1-2H3. The predicted molar refractivity (Wildman–Crippen MR) is 119 cm³/mol. The molecule has 0 radical (unpaired) electrons. The number of hydrogen-bond donors (Lipinski definition) is 0. The maximum Gasteiger partial charge on any atom is 0.387 e. The van der Waals surface area contributed by atoms with Crippen LogP contribution in [-0.2, 0) is 15.6 Å². The Kier molecular flexibility index (Phi) is 6.16. The molecule has 0 amide bonds. The first kappa shape index (κ1) is 22.2. The van der Waals surface area contributed by atoms with Crippen LogP contribution in [0.25, 0.3) is 16.2 Å². The second-order valence-corrected chi connectivity index (χ2v) is 10.4. The summed E-state index contributed by atoms with van der Waals surface area (Å²) in [5.74, 6) is 0.592. The fourth-order valence-electron chi connectivity index (χ4n) is 3.40. The first-order valence-electron chi connectivity index (χ1n) is 9.62. The van der Waals surface area contributed by atoms with Gasteiger partial charge < -0.3 is 9.47 Å². The zero-order valence-corrected chi connectivity index (χ0v) is 18.9. The minimum Gasteiger partial charge on any atom is -0.485 e. The van der Waals surface area contributed by atoms with Crippen molar-refractivity contribution >= 4 is 26.8 Å². The number of imidazole rings is 1. The zero-order chi connectivity index (χ0) is 22.9. The summed E-state index contributed by atoms with van der Waals surface area (Å²) in [5.41, 5.74) is 2.67. The molecule has 1 aromatic carbocycles. The van der Waals surface area contributed by atoms with E-state index in [1.807, 2.05) is 15.8 Å². The number of halogens is 2. The molecule has 0 spiro atoms. The van der Waals surface area contributed by atoms with Crippen molar-refractivity contribution in [2.75, 3.05) is 6.26 Å². The van der Waals surface area contributed by atoms with Gasteiger partial charge in [0.15, 0.2) is 9.84 Å². The molecule has 0 aliphatic rings. The van der Waals surface area contributed by atoms with Crippen molar-refractivity contribution < 1.29 is 26.7 Å². The molecule has 168 valence electrons. The van der Waals surface area contributed by atoms with Crippen molar-refractivity contribution in [3.05, 3.63) is 71.4 Å². The van der Waals surface area contributed by atoms with Crippen LogP contribution in [0.15, 0.2) is 60.2 Å². The van der Waals surface area contributed by atoms with Gasteiger partial charge in [0.2, 0.25) is 0 Å². The largest absolute Gasteiger partial charge is 0.485 e. The lowest BCUT2D eigenvalue weighted by molar-refractivity contribution is -0.0512. The van der Waals surface area contributed by atoms with Crippen LogP contribution in [0.4, 0.5) is 8.78 Å². The lowest BCUT2D eigenvalue weighted by Gasteiger charge is -2.17. The van der Waals surface area contributed by atoms with Gasteiger partial charge in [-0.2, -0.15) is 8.78 Å². The van der Waals surface area contributed by atoms with E-state index in [0.717, 1.165) is 10.6 Å². The van der Waals surface area contributed by atoms with E-state index in [9.17, 15) is 17.2 Å². The average Bonchev–Trinajstić information content (AvgIpc) is 3.33. The monoisotopic (exact) mass is 478 g/mol. The van der Waals surface area contributed by atoms with Crippen LogP contribution in [0.3, 0.4) is 0 Å². The molecule has 0 saturated heterocycles. The molecule has 6 nitrogen and oxygen atoms in total. The lowest BCUT2D eigenvalue weighted by Crippen LogP contribution is -2.09. The molecule has 3 aromatic heterocycles. The number of hydrogen-bond acceptors (Lipinski definition) is 6. The second kappa shape index (κ2) is 8.87. The molecular formula is C22H20F2N2O4S2. The molecule has 10 heteroatoms. The van der Waals surface area contributed by atoms with Gasteiger partial charge in [0.1, 0.15) is 23.3 Å². The van der Waals surface area contributed by atoms with E-state index in [-0.39, 0.29) is 11.5 Å². The maximum atomic E-state index is 12.7. The summed E-state index contributed by atoms with van der Waals surface area (Å²) in [6, 6.07) is 11.9. The van der Waals surface area contributed by atoms with Crippen LogP contribution in [0.5, 0.6) is 11.5 Å². The van der Waals surface area contributed by atoms with Gasteiger partial charge >= 0.3 is 6.61 Å². The van der Waals surface area contributed by atoms with E-state index in [1.165, 1.54) is 23.7 Å². The SMILES string of the molecule is CC(Oc1csc(-c2cnc3ccc(CS(C)(=O)=O)cn23)c1)c1ccccc1OC(F)F. The summed E-state index contributed by atoms with van der Waals surface area (Å²) in [7, 11) is -3.16. The minimum absolute atomic E-state index is 0.0586. The van der Waals surface area contributed by atoms with Crippen molar-refractivity contribution in [2.45, 2.75) is 25.4 Å². The Balaban J connectivity index is 1.58. The van der Waals surface area contributed by atoms with Crippen LogP contribution in [0.2, 0.25) is 0 Å². The summed E-state index contributed by atoms with van der Waals surface area (Å²) < 4.78 is 61.1. The summed E-state index contributed by atoms with van der Waals surface area (Å²) in [6.45, 7) is -1.16. The van der Waals surface area contributed by atoms with Crippen molar-refractivity contribution in [1.29, 1.82) is 0 Å². The number of alkyl halides is 2. The van der Waals surface area contributed by atoms with Gasteiger partial charge in [0.25, 0.3) is 0 Å². The normalized spacial score (nSPS) is 12.9. The van der Waals surface area contributed by atoms with Gasteiger partial charge in [-0.05, 0) is 24.6 Å². The van der Waals surface area contributed by atoms with Crippen LogP contribution in [-0.4, -0.2) is 30.7 Å². The van der Waals surface area contributed by atoms with Gasteiger partial charge in [-0.3, -0.25) is 4.40 Å². The topological polar surface area (TPSA) is 69.9 Å². The van der Waals surface area contributed by atoms with Gasteiger partial charge in [-0.25, -0.2) is 13.4 Å². The molecule has 4 aromatic rings. The Morgan fingerprint density at radius 1 is 1.16 bits per heavy atom. The third-order valence-electron chi connectivity index (χ3n) is 4.71. The van der Waals surface area contributed by atoms with Crippen molar-refractivity contribution in [3.63, 3.8) is 0 Å². The zero-order valence-electron chi connectivity index (χ0n) is 17.2. The molecule has 1 atom stereocenters. The first-order chi connectivity index (χ1) is 15.2. The Bertz CT molecular complexity index is 1350. The van der Waals surface area contributed by atoms with Gasteiger partial charge in [0, 0.05) is 29.5 Å².